The lowest BCUT2D eigenvalue weighted by Crippen LogP contribution is -2.25. The summed E-state index contributed by atoms with van der Waals surface area (Å²) in [7, 11) is 1.75. The maximum atomic E-state index is 5.55. The van der Waals surface area contributed by atoms with Crippen LogP contribution >= 0.6 is 0 Å². The first-order valence-electron chi connectivity index (χ1n) is 15.2. The lowest BCUT2D eigenvalue weighted by Gasteiger charge is -2.27. The van der Waals surface area contributed by atoms with Gasteiger partial charge in [-0.1, -0.05) is 105 Å². The van der Waals surface area contributed by atoms with Gasteiger partial charge in [-0.05, 0) is 48.9 Å². The van der Waals surface area contributed by atoms with Gasteiger partial charge in [0.2, 0.25) is 0 Å². The molecule has 0 aliphatic heterocycles. The number of unbranched alkanes of at least 4 members (excludes halogenated alkanes) is 1. The van der Waals surface area contributed by atoms with Crippen molar-refractivity contribution >= 4 is 0 Å². The summed E-state index contributed by atoms with van der Waals surface area (Å²) in [6.07, 6.45) is 8.81. The molecule has 1 aliphatic rings. The van der Waals surface area contributed by atoms with Crippen LogP contribution in [0.4, 0.5) is 0 Å². The molecular formula is C36H45N3O. The van der Waals surface area contributed by atoms with Gasteiger partial charge < -0.3 is 9.30 Å². The predicted octanol–water partition coefficient (Wildman–Crippen LogP) is 8.92. The Morgan fingerprint density at radius 1 is 0.850 bits per heavy atom. The van der Waals surface area contributed by atoms with Crippen molar-refractivity contribution in [2.75, 3.05) is 7.11 Å². The molecule has 40 heavy (non-hydrogen) atoms. The van der Waals surface area contributed by atoms with Crippen molar-refractivity contribution in [3.8, 4) is 17.1 Å². The molecule has 0 N–H and O–H groups in total. The Bertz CT molecular complexity index is 1340. The van der Waals surface area contributed by atoms with Crippen LogP contribution in [0.25, 0.3) is 11.4 Å². The maximum Gasteiger partial charge on any atom is 0.140 e. The van der Waals surface area contributed by atoms with Gasteiger partial charge in [0.05, 0.1) is 18.5 Å². The Kier molecular flexibility index (Phi) is 9.72. The number of aryl methyl sites for hydroxylation is 1. The Hall–Kier alpha value is -3.37. The number of rotatable bonds is 12. The van der Waals surface area contributed by atoms with Crippen molar-refractivity contribution in [1.82, 2.24) is 14.5 Å². The van der Waals surface area contributed by atoms with Gasteiger partial charge in [-0.15, -0.1) is 0 Å². The average Bonchev–Trinajstić information content (AvgIpc) is 3.35. The summed E-state index contributed by atoms with van der Waals surface area (Å²) >= 11 is 0. The van der Waals surface area contributed by atoms with E-state index in [2.05, 4.69) is 102 Å². The molecule has 0 amide bonds. The topological polar surface area (TPSA) is 30.3 Å². The fraction of sp³-hybridized carbons (Fsp3) is 0.417. The fourth-order valence-electron chi connectivity index (χ4n) is 6.26. The molecule has 0 unspecified atom stereocenters. The van der Waals surface area contributed by atoms with Gasteiger partial charge in [0, 0.05) is 37.7 Å². The Morgan fingerprint density at radius 3 is 2.23 bits per heavy atom. The highest BCUT2D eigenvalue weighted by atomic mass is 16.5. The van der Waals surface area contributed by atoms with E-state index in [0.29, 0.717) is 5.92 Å². The average molecular weight is 536 g/mol. The van der Waals surface area contributed by atoms with Crippen LogP contribution < -0.4 is 4.74 Å². The van der Waals surface area contributed by atoms with Crippen molar-refractivity contribution in [2.45, 2.75) is 90.9 Å². The largest absolute Gasteiger partial charge is 0.496 e. The molecule has 4 heteroatoms. The van der Waals surface area contributed by atoms with E-state index in [4.69, 9.17) is 9.72 Å². The van der Waals surface area contributed by atoms with Gasteiger partial charge in [0.1, 0.15) is 11.6 Å². The molecule has 210 valence electrons. The smallest absolute Gasteiger partial charge is 0.140 e. The number of methoxy groups -OCH3 is 1. The van der Waals surface area contributed by atoms with Crippen molar-refractivity contribution in [3.63, 3.8) is 0 Å². The zero-order chi connectivity index (χ0) is 27.7. The normalized spacial score (nSPS) is 14.1. The van der Waals surface area contributed by atoms with Crippen LogP contribution in [-0.2, 0) is 26.2 Å². The number of nitrogens with zero attached hydrogens (tertiary/aromatic N) is 3. The van der Waals surface area contributed by atoms with Crippen molar-refractivity contribution in [1.29, 1.82) is 0 Å². The minimum absolute atomic E-state index is 0.552. The molecule has 1 saturated carbocycles. The Labute approximate surface area is 241 Å². The third-order valence-corrected chi connectivity index (χ3v) is 8.35. The number of imidazole rings is 1. The quantitative estimate of drug-likeness (QED) is 0.181. The van der Waals surface area contributed by atoms with E-state index in [1.54, 1.807) is 7.11 Å². The molecule has 1 fully saturated rings. The van der Waals surface area contributed by atoms with Crippen LogP contribution in [0.15, 0.2) is 78.9 Å². The third-order valence-electron chi connectivity index (χ3n) is 8.35. The van der Waals surface area contributed by atoms with E-state index in [1.165, 1.54) is 72.2 Å². The lowest BCUT2D eigenvalue weighted by atomic mass is 9.86. The summed E-state index contributed by atoms with van der Waals surface area (Å²) in [5.41, 5.74) is 7.83. The minimum atomic E-state index is 0.552. The van der Waals surface area contributed by atoms with Crippen molar-refractivity contribution in [2.24, 2.45) is 0 Å². The molecule has 1 aliphatic carbocycles. The van der Waals surface area contributed by atoms with E-state index < -0.39 is 0 Å². The van der Waals surface area contributed by atoms with Gasteiger partial charge >= 0.3 is 0 Å². The second-order valence-corrected chi connectivity index (χ2v) is 11.4. The first-order chi connectivity index (χ1) is 19.7. The molecule has 3 aromatic carbocycles. The predicted molar refractivity (Wildman–Crippen MR) is 166 cm³/mol. The zero-order valence-corrected chi connectivity index (χ0v) is 24.6. The van der Waals surface area contributed by atoms with Gasteiger partial charge in [0.15, 0.2) is 0 Å². The molecule has 0 radical (unpaired) electrons. The second kappa shape index (κ2) is 13.8. The Balaban J connectivity index is 1.56. The summed E-state index contributed by atoms with van der Waals surface area (Å²) < 4.78 is 8.12. The summed E-state index contributed by atoms with van der Waals surface area (Å²) in [6, 6.07) is 28.3. The van der Waals surface area contributed by atoms with Crippen molar-refractivity contribution in [3.05, 3.63) is 107 Å². The number of benzene rings is 3. The van der Waals surface area contributed by atoms with Gasteiger partial charge in [-0.25, -0.2) is 4.98 Å². The summed E-state index contributed by atoms with van der Waals surface area (Å²) in [4.78, 5) is 8.09. The second-order valence-electron chi connectivity index (χ2n) is 11.4. The fourth-order valence-corrected chi connectivity index (χ4v) is 6.26. The molecule has 5 rings (SSSR count). The number of hydrogen-bond acceptors (Lipinski definition) is 3. The zero-order valence-electron chi connectivity index (χ0n) is 24.6. The number of hydrogen-bond donors (Lipinski definition) is 0. The molecule has 1 aromatic heterocycles. The maximum absolute atomic E-state index is 5.55. The third kappa shape index (κ3) is 6.85. The monoisotopic (exact) mass is 535 g/mol. The molecule has 0 bridgehead atoms. The summed E-state index contributed by atoms with van der Waals surface area (Å²) in [5.74, 6) is 2.64. The van der Waals surface area contributed by atoms with Gasteiger partial charge in [-0.3, -0.25) is 4.90 Å². The number of ether oxygens (including phenoxy) is 1. The minimum Gasteiger partial charge on any atom is -0.496 e. The van der Waals surface area contributed by atoms with Crippen LogP contribution in [-0.4, -0.2) is 21.6 Å². The van der Waals surface area contributed by atoms with Crippen LogP contribution in [0, 0.1) is 6.92 Å². The Morgan fingerprint density at radius 2 is 1.55 bits per heavy atom. The highest BCUT2D eigenvalue weighted by Gasteiger charge is 2.27. The summed E-state index contributed by atoms with van der Waals surface area (Å²) in [5, 5.41) is 0. The van der Waals surface area contributed by atoms with Crippen LogP contribution in [0.3, 0.4) is 0 Å². The van der Waals surface area contributed by atoms with E-state index >= 15 is 0 Å². The first kappa shape index (κ1) is 28.2. The SMILES string of the molecule is CCCCn1c(-c2ccccc2)nc(C2CCCCC2)c1CN(Cc1ccccc1)Cc1ccc(OC)c(C)c1. The van der Waals surface area contributed by atoms with E-state index in [-0.39, 0.29) is 0 Å². The number of aromatic nitrogens is 2. The molecule has 0 saturated heterocycles. The van der Waals surface area contributed by atoms with Gasteiger partial charge in [-0.2, -0.15) is 0 Å². The highest BCUT2D eigenvalue weighted by Crippen LogP contribution is 2.37. The van der Waals surface area contributed by atoms with Crippen LogP contribution in [0.2, 0.25) is 0 Å². The van der Waals surface area contributed by atoms with Gasteiger partial charge in [0.25, 0.3) is 0 Å². The van der Waals surface area contributed by atoms with E-state index in [1.807, 2.05) is 0 Å². The first-order valence-corrected chi connectivity index (χ1v) is 15.2. The van der Waals surface area contributed by atoms with Crippen LogP contribution in [0.1, 0.15) is 85.9 Å². The molecule has 4 nitrogen and oxygen atoms in total. The highest BCUT2D eigenvalue weighted by molar-refractivity contribution is 5.57. The molecule has 4 aromatic rings. The standard InChI is InChI=1S/C36H45N3O/c1-4-5-23-39-33(35(31-17-11-7-12-18-31)37-36(39)32-19-13-8-14-20-32)27-38(25-29-15-9-6-10-16-29)26-30-21-22-34(40-3)28(2)24-30/h6,8-10,13-16,19-22,24,31H,4-5,7,11-12,17-18,23,25-27H2,1-3H3. The van der Waals surface area contributed by atoms with Crippen molar-refractivity contribution < 1.29 is 4.74 Å². The lowest BCUT2D eigenvalue weighted by molar-refractivity contribution is 0.238. The van der Waals surface area contributed by atoms with E-state index in [0.717, 1.165) is 44.2 Å². The molecule has 0 spiro atoms. The van der Waals surface area contributed by atoms with E-state index in [9.17, 15) is 0 Å². The molecule has 0 atom stereocenters. The van der Waals surface area contributed by atoms with Crippen LogP contribution in [0.5, 0.6) is 5.75 Å². The molecule has 1 heterocycles. The molecular weight excluding hydrogens is 490 g/mol. The summed E-state index contributed by atoms with van der Waals surface area (Å²) in [6.45, 7) is 8.09.